The smallest absolute Gasteiger partial charge is 0.159 e. The van der Waals surface area contributed by atoms with Gasteiger partial charge in [-0.2, -0.15) is 0 Å². The molecule has 1 aromatic heterocycles. The van der Waals surface area contributed by atoms with E-state index in [-0.39, 0.29) is 0 Å². The van der Waals surface area contributed by atoms with Gasteiger partial charge in [0.2, 0.25) is 0 Å². The first-order valence-electron chi connectivity index (χ1n) is 8.57. The zero-order valence-electron chi connectivity index (χ0n) is 14.4. The normalized spacial score (nSPS) is 16.2. The second kappa shape index (κ2) is 8.22. The summed E-state index contributed by atoms with van der Waals surface area (Å²) in [6.07, 6.45) is 6.51. The molecule has 1 saturated heterocycles. The molecule has 1 aliphatic rings. The average Bonchev–Trinajstić information content (AvgIpc) is 2.64. The van der Waals surface area contributed by atoms with E-state index < -0.39 is 0 Å². The van der Waals surface area contributed by atoms with Crippen molar-refractivity contribution in [2.45, 2.75) is 32.4 Å². The van der Waals surface area contributed by atoms with Crippen molar-refractivity contribution in [1.29, 1.82) is 0 Å². The zero-order valence-corrected chi connectivity index (χ0v) is 14.4. The lowest BCUT2D eigenvalue weighted by molar-refractivity contribution is 0.0125. The number of aromatic nitrogens is 2. The molecule has 0 bridgehead atoms. The van der Waals surface area contributed by atoms with Gasteiger partial charge in [-0.25, -0.2) is 9.97 Å². The van der Waals surface area contributed by atoms with E-state index in [2.05, 4.69) is 21.8 Å². The molecular weight excluding hydrogens is 302 g/mol. The van der Waals surface area contributed by atoms with Gasteiger partial charge in [0.05, 0.1) is 13.2 Å². The number of hydrogen-bond acceptors (Lipinski definition) is 5. The second-order valence-electron chi connectivity index (χ2n) is 6.07. The average molecular weight is 327 g/mol. The van der Waals surface area contributed by atoms with Crippen LogP contribution in [0.3, 0.4) is 0 Å². The van der Waals surface area contributed by atoms with E-state index in [0.29, 0.717) is 6.10 Å². The first-order valence-corrected chi connectivity index (χ1v) is 8.57. The molecule has 5 heteroatoms. The van der Waals surface area contributed by atoms with Crippen LogP contribution >= 0.6 is 0 Å². The molecule has 1 aliphatic heterocycles. The van der Waals surface area contributed by atoms with Gasteiger partial charge in [-0.15, -0.1) is 0 Å². The maximum Gasteiger partial charge on any atom is 0.159 e. The minimum Gasteiger partial charge on any atom is -0.497 e. The Morgan fingerprint density at radius 3 is 2.33 bits per heavy atom. The highest BCUT2D eigenvalue weighted by Crippen LogP contribution is 2.20. The van der Waals surface area contributed by atoms with Crippen LogP contribution in [0.2, 0.25) is 0 Å². The summed E-state index contributed by atoms with van der Waals surface area (Å²) in [5.41, 5.74) is 2.15. The quantitative estimate of drug-likeness (QED) is 0.815. The Morgan fingerprint density at radius 1 is 1.08 bits per heavy atom. The summed E-state index contributed by atoms with van der Waals surface area (Å²) in [6, 6.07) is 7.81. The third-order valence-electron chi connectivity index (χ3n) is 4.40. The zero-order chi connectivity index (χ0) is 16.8. The molecule has 0 unspecified atom stereocenters. The second-order valence-corrected chi connectivity index (χ2v) is 6.07. The summed E-state index contributed by atoms with van der Waals surface area (Å²) in [7, 11) is 1.66. The van der Waals surface area contributed by atoms with Crippen molar-refractivity contribution < 1.29 is 9.47 Å². The highest BCUT2D eigenvalue weighted by atomic mass is 16.5. The van der Waals surface area contributed by atoms with Crippen LogP contribution < -0.4 is 4.74 Å². The summed E-state index contributed by atoms with van der Waals surface area (Å²) >= 11 is 0. The molecule has 5 nitrogen and oxygen atoms in total. The molecule has 0 aliphatic carbocycles. The fraction of sp³-hybridized carbons (Fsp3) is 0.474. The molecule has 0 saturated carbocycles. The number of nitrogens with zero attached hydrogens (tertiary/aromatic N) is 3. The predicted octanol–water partition coefficient (Wildman–Crippen LogP) is 3.15. The third kappa shape index (κ3) is 4.30. The van der Waals surface area contributed by atoms with Gasteiger partial charge in [0.1, 0.15) is 5.75 Å². The van der Waals surface area contributed by atoms with Crippen LogP contribution in [-0.2, 0) is 11.3 Å². The van der Waals surface area contributed by atoms with Crippen molar-refractivity contribution in [2.75, 3.05) is 26.8 Å². The van der Waals surface area contributed by atoms with E-state index in [1.54, 1.807) is 7.11 Å². The van der Waals surface area contributed by atoms with E-state index in [1.807, 2.05) is 36.7 Å². The van der Waals surface area contributed by atoms with Gasteiger partial charge in [-0.3, -0.25) is 4.90 Å². The van der Waals surface area contributed by atoms with Crippen molar-refractivity contribution in [1.82, 2.24) is 14.9 Å². The summed E-state index contributed by atoms with van der Waals surface area (Å²) in [5.74, 6) is 1.59. The highest BCUT2D eigenvalue weighted by molar-refractivity contribution is 5.55. The highest BCUT2D eigenvalue weighted by Gasteiger charge is 2.19. The Bertz CT molecular complexity index is 620. The molecule has 128 valence electrons. The van der Waals surface area contributed by atoms with Gasteiger partial charge in [-0.1, -0.05) is 0 Å². The van der Waals surface area contributed by atoms with Crippen LogP contribution in [-0.4, -0.2) is 47.8 Å². The number of hydrogen-bond donors (Lipinski definition) is 0. The van der Waals surface area contributed by atoms with Gasteiger partial charge < -0.3 is 9.47 Å². The van der Waals surface area contributed by atoms with Crippen LogP contribution in [0, 0.1) is 0 Å². The van der Waals surface area contributed by atoms with Gasteiger partial charge in [0, 0.05) is 49.8 Å². The Morgan fingerprint density at radius 2 is 1.75 bits per heavy atom. The summed E-state index contributed by atoms with van der Waals surface area (Å²) < 4.78 is 10.9. The lowest BCUT2D eigenvalue weighted by Crippen LogP contribution is -2.36. The van der Waals surface area contributed by atoms with Crippen LogP contribution in [0.25, 0.3) is 11.4 Å². The van der Waals surface area contributed by atoms with Crippen LogP contribution in [0.15, 0.2) is 36.7 Å². The van der Waals surface area contributed by atoms with Crippen molar-refractivity contribution in [3.63, 3.8) is 0 Å². The maximum atomic E-state index is 5.70. The van der Waals surface area contributed by atoms with E-state index in [1.165, 1.54) is 0 Å². The topological polar surface area (TPSA) is 47.5 Å². The monoisotopic (exact) mass is 327 g/mol. The Kier molecular flexibility index (Phi) is 5.77. The van der Waals surface area contributed by atoms with Gasteiger partial charge in [0.25, 0.3) is 0 Å². The fourth-order valence-electron chi connectivity index (χ4n) is 3.05. The van der Waals surface area contributed by atoms with Crippen molar-refractivity contribution >= 4 is 0 Å². The Labute approximate surface area is 143 Å². The first kappa shape index (κ1) is 16.9. The van der Waals surface area contributed by atoms with E-state index in [4.69, 9.17) is 9.47 Å². The number of benzene rings is 1. The molecule has 0 spiro atoms. The number of methoxy groups -OCH3 is 1. The van der Waals surface area contributed by atoms with Gasteiger partial charge in [-0.05, 0) is 44.0 Å². The molecule has 0 atom stereocenters. The number of piperidine rings is 1. The lowest BCUT2D eigenvalue weighted by atomic mass is 10.1. The number of likely N-dealkylation sites (tertiary alicyclic amines) is 1. The standard InChI is InChI=1S/C19H25N3O2/c1-3-24-18-8-10-22(11-9-18)14-15-12-20-19(21-13-15)16-4-6-17(23-2)7-5-16/h4-7,12-13,18H,3,8-11,14H2,1-2H3. The molecule has 1 aromatic carbocycles. The van der Waals surface area contributed by atoms with Crippen LogP contribution in [0.4, 0.5) is 0 Å². The predicted molar refractivity (Wildman–Crippen MR) is 93.9 cm³/mol. The summed E-state index contributed by atoms with van der Waals surface area (Å²) in [5, 5.41) is 0. The minimum absolute atomic E-state index is 0.431. The summed E-state index contributed by atoms with van der Waals surface area (Å²) in [4.78, 5) is 11.5. The molecule has 0 amide bonds. The third-order valence-corrected chi connectivity index (χ3v) is 4.40. The molecule has 1 fully saturated rings. The minimum atomic E-state index is 0.431. The largest absolute Gasteiger partial charge is 0.497 e. The van der Waals surface area contributed by atoms with Crippen molar-refractivity contribution in [2.24, 2.45) is 0 Å². The molecule has 24 heavy (non-hydrogen) atoms. The van der Waals surface area contributed by atoms with E-state index in [9.17, 15) is 0 Å². The van der Waals surface area contributed by atoms with E-state index in [0.717, 1.165) is 61.8 Å². The molecule has 0 N–H and O–H groups in total. The van der Waals surface area contributed by atoms with E-state index >= 15 is 0 Å². The lowest BCUT2D eigenvalue weighted by Gasteiger charge is -2.31. The van der Waals surface area contributed by atoms with Gasteiger partial charge in [0.15, 0.2) is 5.82 Å². The molecule has 2 aromatic rings. The SMILES string of the molecule is CCOC1CCN(Cc2cnc(-c3ccc(OC)cc3)nc2)CC1. The molecular formula is C19H25N3O2. The number of ether oxygens (including phenoxy) is 2. The fourth-order valence-corrected chi connectivity index (χ4v) is 3.05. The Balaban J connectivity index is 1.56. The van der Waals surface area contributed by atoms with Crippen LogP contribution in [0.5, 0.6) is 5.75 Å². The summed E-state index contributed by atoms with van der Waals surface area (Å²) in [6.45, 7) is 5.93. The van der Waals surface area contributed by atoms with Crippen LogP contribution in [0.1, 0.15) is 25.3 Å². The first-order chi connectivity index (χ1) is 11.8. The number of rotatable bonds is 6. The Hall–Kier alpha value is -1.98. The van der Waals surface area contributed by atoms with Gasteiger partial charge >= 0.3 is 0 Å². The van der Waals surface area contributed by atoms with Crippen molar-refractivity contribution in [3.05, 3.63) is 42.2 Å². The van der Waals surface area contributed by atoms with Crippen molar-refractivity contribution in [3.8, 4) is 17.1 Å². The molecule has 0 radical (unpaired) electrons. The maximum absolute atomic E-state index is 5.70. The molecule has 3 rings (SSSR count). The molecule has 2 heterocycles.